The molecule has 0 rings (SSSR count). The Morgan fingerprint density at radius 2 is 1.20 bits per heavy atom. The molecule has 0 aromatic heterocycles. The third-order valence-electron chi connectivity index (χ3n) is 0.0500. The molecule has 0 amide bonds. The van der Waals surface area contributed by atoms with Crippen LogP contribution in [-0.4, -0.2) is 5.48 Å². The van der Waals surface area contributed by atoms with E-state index in [1.165, 1.54) is 12.1 Å². The Morgan fingerprint density at radius 3 is 1.20 bits per heavy atom. The lowest BCUT2D eigenvalue weighted by molar-refractivity contribution is 0.824. The second kappa shape index (κ2) is 12.5. The van der Waals surface area contributed by atoms with E-state index in [0.717, 1.165) is 0 Å². The maximum atomic E-state index is 7.26. The van der Waals surface area contributed by atoms with Gasteiger partial charge in [0.2, 0.25) is 0 Å². The first-order valence-corrected chi connectivity index (χ1v) is 0.697. The van der Waals surface area contributed by atoms with Gasteiger partial charge in [-0.15, -0.1) is 0 Å². The van der Waals surface area contributed by atoms with E-state index in [1.54, 1.807) is 0 Å². The molecule has 0 aliphatic carbocycles. The maximum Gasteiger partial charge on any atom is 0.181 e. The summed E-state index contributed by atoms with van der Waals surface area (Å²) in [7, 11) is 0. The number of hydrogen-bond acceptors (Lipinski definition) is 2. The molecule has 0 saturated heterocycles. The minimum Gasteiger partial charge on any atom is -0.412 e. The highest BCUT2D eigenvalue weighted by molar-refractivity contribution is 4.99. The Hall–Kier alpha value is -1.06. The molecule has 0 aliphatic rings. The molecule has 5 heavy (non-hydrogen) atoms. The fourth-order valence-electron chi connectivity index (χ4n) is 0. The molecule has 0 aliphatic heterocycles. The van der Waals surface area contributed by atoms with Crippen LogP contribution in [0.2, 0.25) is 0 Å². The number of rotatable bonds is 0. The zero-order valence-electron chi connectivity index (χ0n) is 2.39. The zero-order chi connectivity index (χ0) is 3.41. The maximum absolute atomic E-state index is 7.26. The lowest BCUT2D eigenvalue weighted by atomic mass is 10.9. The predicted molar refractivity (Wildman–Crippen MR) is 14.8 cm³/mol. The van der Waals surface area contributed by atoms with Crippen molar-refractivity contribution >= 4 is 0 Å². The molecular weight excluding hydrogens is 68.0 g/mol. The summed E-state index contributed by atoms with van der Waals surface area (Å²) in [5.74, 6) is 0. The van der Waals surface area contributed by atoms with E-state index < -0.39 is 0 Å². The van der Waals surface area contributed by atoms with E-state index in [2.05, 4.69) is 0 Å². The van der Waals surface area contributed by atoms with Gasteiger partial charge in [-0.3, -0.25) is 0 Å². The van der Waals surface area contributed by atoms with Crippen LogP contribution in [0.15, 0.2) is 0 Å². The topological polar surface area (TPSA) is 79.1 Å². The smallest absolute Gasteiger partial charge is 0.181 e. The van der Waals surface area contributed by atoms with Gasteiger partial charge in [-0.25, -0.2) is 0 Å². The third kappa shape index (κ3) is 722. The molecule has 3 nitrogen and oxygen atoms in total. The number of nitriles is 2. The van der Waals surface area contributed by atoms with Crippen LogP contribution in [0.3, 0.4) is 0 Å². The molecule has 26 valence electrons. The van der Waals surface area contributed by atoms with Gasteiger partial charge in [-0.2, -0.15) is 10.5 Å². The lowest BCUT2D eigenvalue weighted by Crippen LogP contribution is -1.26. The Labute approximate surface area is 29.4 Å². The normalized spacial score (nSPS) is 2.00. The molecule has 0 radical (unpaired) electrons. The first-order valence-electron chi connectivity index (χ1n) is 0.697. The fourth-order valence-corrected chi connectivity index (χ4v) is 0. The highest BCUT2D eigenvalue weighted by Gasteiger charge is 1.39. The lowest BCUT2D eigenvalue weighted by Gasteiger charge is -1.16. The van der Waals surface area contributed by atoms with Gasteiger partial charge in [-0.05, 0) is 0 Å². The van der Waals surface area contributed by atoms with E-state index in [-0.39, 0.29) is 5.48 Å². The summed E-state index contributed by atoms with van der Waals surface area (Å²) < 4.78 is 0. The first-order chi connectivity index (χ1) is 1.91. The van der Waals surface area contributed by atoms with Crippen LogP contribution < -0.4 is 0 Å². The minimum atomic E-state index is 0. The third-order valence-corrected chi connectivity index (χ3v) is 0.0500. The van der Waals surface area contributed by atoms with Crippen LogP contribution >= 0.6 is 0 Å². The molecule has 0 unspecified atom stereocenters. The zero-order valence-corrected chi connectivity index (χ0v) is 2.39. The van der Waals surface area contributed by atoms with Gasteiger partial charge in [-0.1, -0.05) is 0 Å². The van der Waals surface area contributed by atoms with Gasteiger partial charge in [0.15, 0.2) is 12.1 Å². The van der Waals surface area contributed by atoms with Crippen molar-refractivity contribution in [1.82, 2.24) is 0 Å². The monoisotopic (exact) mass is 70.0 g/mol. The highest BCUT2D eigenvalue weighted by atomic mass is 16.0. The van der Waals surface area contributed by atoms with Gasteiger partial charge in [0.1, 0.15) is 0 Å². The average molecular weight is 70.1 g/mol. The van der Waals surface area contributed by atoms with Crippen molar-refractivity contribution in [2.24, 2.45) is 0 Å². The summed E-state index contributed by atoms with van der Waals surface area (Å²) in [6.45, 7) is 0. The second-order valence-electron chi connectivity index (χ2n) is 0.224. The van der Waals surface area contributed by atoms with Gasteiger partial charge in [0.25, 0.3) is 0 Å². The molecule has 3 heteroatoms. The van der Waals surface area contributed by atoms with E-state index in [4.69, 9.17) is 10.5 Å². The van der Waals surface area contributed by atoms with Crippen molar-refractivity contribution < 1.29 is 5.48 Å². The highest BCUT2D eigenvalue weighted by Crippen LogP contribution is 1.27. The van der Waals surface area contributed by atoms with Gasteiger partial charge in [0.05, 0.1) is 0 Å². The molecule has 0 heterocycles. The largest absolute Gasteiger partial charge is 0.412 e. The van der Waals surface area contributed by atoms with Crippen molar-refractivity contribution in [2.45, 2.75) is 0 Å². The predicted octanol–water partition coefficient (Wildman–Crippen LogP) is -0.791. The van der Waals surface area contributed by atoms with Crippen LogP contribution in [0.25, 0.3) is 0 Å². The molecule has 0 aromatic carbocycles. The first kappa shape index (κ1) is 9.05. The van der Waals surface area contributed by atoms with E-state index in [9.17, 15) is 0 Å². The molecule has 0 fully saturated rings. The van der Waals surface area contributed by atoms with Crippen molar-refractivity contribution in [3.05, 3.63) is 0 Å². The summed E-state index contributed by atoms with van der Waals surface area (Å²) in [5.41, 5.74) is 0. The molecule has 0 bridgehead atoms. The SMILES string of the molecule is N#CC#N.O. The Morgan fingerprint density at radius 1 is 1.00 bits per heavy atom. The summed E-state index contributed by atoms with van der Waals surface area (Å²) in [4.78, 5) is 0. The van der Waals surface area contributed by atoms with Gasteiger partial charge < -0.3 is 5.48 Å². The summed E-state index contributed by atoms with van der Waals surface area (Å²) in [6.07, 6.45) is 0. The minimum absolute atomic E-state index is 0. The Balaban J connectivity index is 0. The second-order valence-corrected chi connectivity index (χ2v) is 0.224. The van der Waals surface area contributed by atoms with Crippen molar-refractivity contribution in [3.8, 4) is 12.1 Å². The molecule has 0 spiro atoms. The summed E-state index contributed by atoms with van der Waals surface area (Å²) in [5, 5.41) is 14.5. The van der Waals surface area contributed by atoms with Gasteiger partial charge >= 0.3 is 0 Å². The van der Waals surface area contributed by atoms with Crippen LogP contribution in [0, 0.1) is 22.7 Å². The molecule has 0 aromatic rings. The van der Waals surface area contributed by atoms with Crippen LogP contribution in [0.5, 0.6) is 0 Å². The molecule has 0 atom stereocenters. The van der Waals surface area contributed by atoms with Crippen molar-refractivity contribution in [3.63, 3.8) is 0 Å². The average Bonchev–Trinajstić information content (AvgIpc) is 1.37. The molecule has 0 saturated carbocycles. The molecule has 2 N–H and O–H groups in total. The Kier molecular flexibility index (Phi) is 22.7. The summed E-state index contributed by atoms with van der Waals surface area (Å²) >= 11 is 0. The van der Waals surface area contributed by atoms with Crippen molar-refractivity contribution in [1.29, 1.82) is 10.5 Å². The standard InChI is InChI=1S/C2N2.H2O/c3-1-2-4;/h;1H2. The summed E-state index contributed by atoms with van der Waals surface area (Å²) in [6, 6.07) is 2.47. The van der Waals surface area contributed by atoms with E-state index in [1.807, 2.05) is 0 Å². The quantitative estimate of drug-likeness (QED) is 0.374. The van der Waals surface area contributed by atoms with E-state index in [0.29, 0.717) is 0 Å². The Bertz CT molecular complexity index is 62.6. The van der Waals surface area contributed by atoms with E-state index >= 15 is 0 Å². The fraction of sp³-hybridized carbons (Fsp3) is 0. The number of hydrogen-bond donors (Lipinski definition) is 0. The van der Waals surface area contributed by atoms with Crippen molar-refractivity contribution in [2.75, 3.05) is 0 Å². The molecular formula is C2H2N2O. The van der Waals surface area contributed by atoms with Gasteiger partial charge in [0, 0.05) is 0 Å². The van der Waals surface area contributed by atoms with Crippen LogP contribution in [-0.2, 0) is 0 Å². The number of nitrogens with zero attached hydrogens (tertiary/aromatic N) is 2. The van der Waals surface area contributed by atoms with Crippen LogP contribution in [0.4, 0.5) is 0 Å². The van der Waals surface area contributed by atoms with Crippen LogP contribution in [0.1, 0.15) is 0 Å².